The van der Waals surface area contributed by atoms with Crippen molar-refractivity contribution < 1.29 is 0 Å². The van der Waals surface area contributed by atoms with Crippen molar-refractivity contribution in [3.8, 4) is 0 Å². The first-order chi connectivity index (χ1) is 8.38. The first-order valence-corrected chi connectivity index (χ1v) is 7.17. The Morgan fingerprint density at radius 2 is 2.18 bits per heavy atom. The van der Waals surface area contributed by atoms with Gasteiger partial charge in [-0.15, -0.1) is 0 Å². The highest BCUT2D eigenvalue weighted by atomic mass is 32.2. The Bertz CT molecular complexity index is 418. The second-order valence-corrected chi connectivity index (χ2v) is 5.62. The van der Waals surface area contributed by atoms with E-state index in [2.05, 4.69) is 47.7 Å². The van der Waals surface area contributed by atoms with Gasteiger partial charge in [-0.2, -0.15) is 5.01 Å². The summed E-state index contributed by atoms with van der Waals surface area (Å²) in [6, 6.07) is 11.2. The molecule has 2 unspecified atom stereocenters. The zero-order valence-corrected chi connectivity index (χ0v) is 10.8. The molecular formula is C13H17N3S. The normalized spacial score (nSPS) is 27.7. The molecule has 2 heterocycles. The van der Waals surface area contributed by atoms with Crippen LogP contribution in [-0.2, 0) is 0 Å². The maximum absolute atomic E-state index is 4.71. The summed E-state index contributed by atoms with van der Waals surface area (Å²) < 4.78 is 0. The summed E-state index contributed by atoms with van der Waals surface area (Å²) in [5, 5.41) is 3.39. The van der Waals surface area contributed by atoms with E-state index in [0.29, 0.717) is 12.2 Å². The molecule has 0 spiro atoms. The fraction of sp³-hybridized carbons (Fsp3) is 0.462. The van der Waals surface area contributed by atoms with Crippen LogP contribution in [0.2, 0.25) is 0 Å². The fourth-order valence-corrected chi connectivity index (χ4v) is 3.19. The molecule has 0 amide bonds. The summed E-state index contributed by atoms with van der Waals surface area (Å²) in [6.45, 7) is 2.16. The smallest absolute Gasteiger partial charge is 0.172 e. The predicted molar refractivity (Wildman–Crippen MR) is 72.7 cm³/mol. The number of thioether (sulfide) groups is 1. The molecule has 1 aromatic rings. The molecule has 1 aromatic carbocycles. The summed E-state index contributed by atoms with van der Waals surface area (Å²) in [4.78, 5) is 4.71. The van der Waals surface area contributed by atoms with E-state index in [1.54, 1.807) is 11.8 Å². The first kappa shape index (κ1) is 11.1. The molecule has 0 aromatic heterocycles. The number of hydrogen-bond acceptors (Lipinski definition) is 4. The molecule has 90 valence electrons. The van der Waals surface area contributed by atoms with Crippen LogP contribution >= 0.6 is 11.8 Å². The zero-order chi connectivity index (χ0) is 11.7. The topological polar surface area (TPSA) is 27.6 Å². The van der Waals surface area contributed by atoms with E-state index >= 15 is 0 Å². The van der Waals surface area contributed by atoms with Crippen molar-refractivity contribution in [2.24, 2.45) is 4.99 Å². The van der Waals surface area contributed by atoms with Gasteiger partial charge in [0.25, 0.3) is 0 Å². The van der Waals surface area contributed by atoms with Gasteiger partial charge in [-0.25, -0.2) is 4.99 Å². The Hall–Kier alpha value is -1.00. The van der Waals surface area contributed by atoms with Crippen LogP contribution in [0, 0.1) is 0 Å². The van der Waals surface area contributed by atoms with E-state index in [-0.39, 0.29) is 0 Å². The van der Waals surface area contributed by atoms with Crippen LogP contribution in [0.3, 0.4) is 0 Å². The Morgan fingerprint density at radius 3 is 2.94 bits per heavy atom. The molecule has 0 bridgehead atoms. The van der Waals surface area contributed by atoms with Crippen LogP contribution < -0.4 is 5.43 Å². The molecule has 1 fully saturated rings. The van der Waals surface area contributed by atoms with Crippen LogP contribution in [0.1, 0.15) is 31.4 Å². The third kappa shape index (κ3) is 2.07. The number of hydrazine groups is 1. The molecule has 0 aliphatic carbocycles. The largest absolute Gasteiger partial charge is 0.295 e. The molecular weight excluding hydrogens is 230 g/mol. The number of nitrogens with one attached hydrogen (secondary N) is 1. The van der Waals surface area contributed by atoms with Crippen molar-refractivity contribution in [3.05, 3.63) is 35.9 Å². The second kappa shape index (κ2) is 4.70. The molecule has 1 N–H and O–H groups in total. The summed E-state index contributed by atoms with van der Waals surface area (Å²) in [7, 11) is 0. The van der Waals surface area contributed by atoms with Gasteiger partial charge in [0.05, 0.1) is 6.04 Å². The minimum atomic E-state index is 0.342. The maximum Gasteiger partial charge on any atom is 0.172 e. The standard InChI is InChI=1S/C13H17N3S/c1-2-17-13-14-12-9-8-11(16(12)15-13)10-6-4-3-5-7-10/h3-7,11-12H,2,8-9H2,1H3,(H,14,15). The lowest BCUT2D eigenvalue weighted by molar-refractivity contribution is 0.183. The van der Waals surface area contributed by atoms with Gasteiger partial charge in [0.2, 0.25) is 0 Å². The average Bonchev–Trinajstić information content (AvgIpc) is 2.90. The molecule has 1 saturated heterocycles. The highest BCUT2D eigenvalue weighted by Crippen LogP contribution is 2.37. The minimum Gasteiger partial charge on any atom is -0.295 e. The van der Waals surface area contributed by atoms with Crippen LogP contribution in [0.4, 0.5) is 0 Å². The van der Waals surface area contributed by atoms with Crippen LogP contribution in [-0.4, -0.2) is 22.1 Å². The van der Waals surface area contributed by atoms with Gasteiger partial charge in [-0.3, -0.25) is 5.43 Å². The second-order valence-electron chi connectivity index (χ2n) is 4.37. The van der Waals surface area contributed by atoms with E-state index in [1.807, 2.05) is 0 Å². The highest BCUT2D eigenvalue weighted by Gasteiger charge is 2.38. The molecule has 2 aliphatic heterocycles. The molecule has 2 atom stereocenters. The maximum atomic E-state index is 4.71. The first-order valence-electron chi connectivity index (χ1n) is 6.19. The number of fused-ring (bicyclic) bond motifs is 1. The predicted octanol–water partition coefficient (Wildman–Crippen LogP) is 2.78. The van der Waals surface area contributed by atoms with Crippen LogP contribution in [0.5, 0.6) is 0 Å². The highest BCUT2D eigenvalue weighted by molar-refractivity contribution is 8.13. The monoisotopic (exact) mass is 247 g/mol. The van der Waals surface area contributed by atoms with Gasteiger partial charge in [0.1, 0.15) is 6.17 Å². The molecule has 3 nitrogen and oxygen atoms in total. The number of rotatable bonds is 2. The number of hydrogen-bond donors (Lipinski definition) is 1. The molecule has 0 saturated carbocycles. The third-order valence-electron chi connectivity index (χ3n) is 3.31. The quantitative estimate of drug-likeness (QED) is 0.871. The van der Waals surface area contributed by atoms with Crippen molar-refractivity contribution in [1.29, 1.82) is 0 Å². The number of amidine groups is 1. The summed E-state index contributed by atoms with van der Waals surface area (Å²) >= 11 is 1.79. The van der Waals surface area contributed by atoms with Gasteiger partial charge in [0, 0.05) is 0 Å². The van der Waals surface area contributed by atoms with E-state index in [0.717, 1.165) is 17.3 Å². The van der Waals surface area contributed by atoms with Crippen molar-refractivity contribution in [3.63, 3.8) is 0 Å². The lowest BCUT2D eigenvalue weighted by atomic mass is 10.1. The Kier molecular flexibility index (Phi) is 3.07. The molecule has 4 heteroatoms. The summed E-state index contributed by atoms with van der Waals surface area (Å²) in [6.07, 6.45) is 2.68. The van der Waals surface area contributed by atoms with E-state index in [1.165, 1.54) is 12.0 Å². The van der Waals surface area contributed by atoms with Crippen LogP contribution in [0.15, 0.2) is 35.3 Å². The lowest BCUT2D eigenvalue weighted by Crippen LogP contribution is -2.38. The lowest BCUT2D eigenvalue weighted by Gasteiger charge is -2.23. The van der Waals surface area contributed by atoms with Gasteiger partial charge < -0.3 is 0 Å². The van der Waals surface area contributed by atoms with E-state index < -0.39 is 0 Å². The van der Waals surface area contributed by atoms with Crippen molar-refractivity contribution >= 4 is 16.9 Å². The SMILES string of the molecule is CCSC1=NC2CCC(c3ccccc3)N2N1. The number of nitrogens with zero attached hydrogens (tertiary/aromatic N) is 2. The fourth-order valence-electron chi connectivity index (χ4n) is 2.56. The Balaban J connectivity index is 1.76. The third-order valence-corrected chi connectivity index (χ3v) is 4.07. The van der Waals surface area contributed by atoms with Crippen molar-refractivity contribution in [2.45, 2.75) is 32.0 Å². The number of aliphatic imine (C=N–C) groups is 1. The minimum absolute atomic E-state index is 0.342. The Labute approximate surface area is 106 Å². The average molecular weight is 247 g/mol. The summed E-state index contributed by atoms with van der Waals surface area (Å²) in [5.74, 6) is 1.07. The number of benzene rings is 1. The van der Waals surface area contributed by atoms with E-state index in [4.69, 9.17) is 4.99 Å². The summed E-state index contributed by atoms with van der Waals surface area (Å²) in [5.41, 5.74) is 4.84. The van der Waals surface area contributed by atoms with Gasteiger partial charge in [-0.1, -0.05) is 49.0 Å². The zero-order valence-electron chi connectivity index (χ0n) is 9.97. The molecule has 3 rings (SSSR count). The van der Waals surface area contributed by atoms with E-state index in [9.17, 15) is 0 Å². The van der Waals surface area contributed by atoms with Crippen molar-refractivity contribution in [2.75, 3.05) is 5.75 Å². The van der Waals surface area contributed by atoms with Gasteiger partial charge in [0.15, 0.2) is 5.17 Å². The van der Waals surface area contributed by atoms with Crippen molar-refractivity contribution in [1.82, 2.24) is 10.4 Å². The molecule has 0 radical (unpaired) electrons. The van der Waals surface area contributed by atoms with Crippen LogP contribution in [0.25, 0.3) is 0 Å². The van der Waals surface area contributed by atoms with Gasteiger partial charge >= 0.3 is 0 Å². The Morgan fingerprint density at radius 1 is 1.35 bits per heavy atom. The molecule has 2 aliphatic rings. The molecule has 17 heavy (non-hydrogen) atoms. The van der Waals surface area contributed by atoms with Gasteiger partial charge in [-0.05, 0) is 24.2 Å².